The summed E-state index contributed by atoms with van der Waals surface area (Å²) in [6, 6.07) is 9.95. The maximum absolute atomic E-state index is 9.27. The van der Waals surface area contributed by atoms with Gasteiger partial charge in [-0.1, -0.05) is 29.8 Å². The second kappa shape index (κ2) is 8.33. The molecule has 1 atom stereocenters. The predicted molar refractivity (Wildman–Crippen MR) is 129 cm³/mol. The van der Waals surface area contributed by atoms with E-state index >= 15 is 0 Å². The number of hydrogen-bond donors (Lipinski definition) is 0. The molecule has 2 aliphatic rings. The third-order valence-corrected chi connectivity index (χ3v) is 7.64. The van der Waals surface area contributed by atoms with E-state index in [1.54, 1.807) is 25.2 Å². The number of nitrogens with zero attached hydrogens (tertiary/aromatic N) is 6. The van der Waals surface area contributed by atoms with Crippen molar-refractivity contribution in [3.63, 3.8) is 0 Å². The summed E-state index contributed by atoms with van der Waals surface area (Å²) in [5, 5.41) is 19.9. The fourth-order valence-corrected chi connectivity index (χ4v) is 5.98. The van der Waals surface area contributed by atoms with E-state index in [0.29, 0.717) is 11.8 Å². The lowest BCUT2D eigenvalue weighted by molar-refractivity contribution is -0.0474. The SMILES string of the molecule is Cc1nnc2n1-c1sc3c(c1C(c1ccccc1Cl)=NC2C)CCN(COC(C)(C)C#N)C3. The summed E-state index contributed by atoms with van der Waals surface area (Å²) in [6.07, 6.45) is 0.867. The van der Waals surface area contributed by atoms with Gasteiger partial charge in [0.05, 0.1) is 11.8 Å². The van der Waals surface area contributed by atoms with Crippen LogP contribution in [0.3, 0.4) is 0 Å². The molecule has 0 bridgehead atoms. The van der Waals surface area contributed by atoms with E-state index in [2.05, 4.69) is 32.7 Å². The minimum absolute atomic E-state index is 0.144. The van der Waals surface area contributed by atoms with Gasteiger partial charge in [0.25, 0.3) is 0 Å². The number of fused-ring (bicyclic) bond motifs is 5. The van der Waals surface area contributed by atoms with E-state index in [9.17, 15) is 5.26 Å². The van der Waals surface area contributed by atoms with Gasteiger partial charge in [-0.3, -0.25) is 14.5 Å². The van der Waals surface area contributed by atoms with Gasteiger partial charge in [-0.05, 0) is 45.7 Å². The van der Waals surface area contributed by atoms with Crippen molar-refractivity contribution in [1.29, 1.82) is 5.26 Å². The summed E-state index contributed by atoms with van der Waals surface area (Å²) in [7, 11) is 0. The van der Waals surface area contributed by atoms with Crippen molar-refractivity contribution < 1.29 is 4.74 Å². The van der Waals surface area contributed by atoms with E-state index in [0.717, 1.165) is 53.0 Å². The molecule has 0 spiro atoms. The van der Waals surface area contributed by atoms with Gasteiger partial charge in [-0.15, -0.1) is 21.5 Å². The van der Waals surface area contributed by atoms with Crippen LogP contribution in [0.1, 0.15) is 60.0 Å². The van der Waals surface area contributed by atoms with Crippen molar-refractivity contribution in [1.82, 2.24) is 19.7 Å². The Hall–Kier alpha value is -2.57. The largest absolute Gasteiger partial charge is 0.345 e. The van der Waals surface area contributed by atoms with Crippen LogP contribution >= 0.6 is 22.9 Å². The molecule has 3 aromatic rings. The number of ether oxygens (including phenoxy) is 1. The Bertz CT molecular complexity index is 1300. The maximum Gasteiger partial charge on any atom is 0.162 e. The fraction of sp³-hybridized carbons (Fsp3) is 0.417. The molecular formula is C24H25ClN6OS. The summed E-state index contributed by atoms with van der Waals surface area (Å²) in [6.45, 7) is 9.64. The van der Waals surface area contributed by atoms with Crippen LogP contribution in [0.2, 0.25) is 5.02 Å². The predicted octanol–water partition coefficient (Wildman–Crippen LogP) is 4.84. The molecule has 7 nitrogen and oxygen atoms in total. The lowest BCUT2D eigenvalue weighted by atomic mass is 9.95. The third-order valence-electron chi connectivity index (χ3n) is 6.11. The Morgan fingerprint density at radius 2 is 2.09 bits per heavy atom. The van der Waals surface area contributed by atoms with Gasteiger partial charge in [0, 0.05) is 34.1 Å². The number of thiophene rings is 1. The topological polar surface area (TPSA) is 79.3 Å². The minimum Gasteiger partial charge on any atom is -0.345 e. The highest BCUT2D eigenvalue weighted by Crippen LogP contribution is 2.42. The molecule has 0 saturated carbocycles. The lowest BCUT2D eigenvalue weighted by Gasteiger charge is -2.29. The van der Waals surface area contributed by atoms with Gasteiger partial charge < -0.3 is 4.74 Å². The molecule has 1 unspecified atom stereocenters. The molecule has 5 rings (SSSR count). The van der Waals surface area contributed by atoms with Crippen LogP contribution in [0.4, 0.5) is 0 Å². The molecule has 0 radical (unpaired) electrons. The van der Waals surface area contributed by atoms with Gasteiger partial charge >= 0.3 is 0 Å². The normalized spacial score (nSPS) is 18.1. The first-order valence-electron chi connectivity index (χ1n) is 11.0. The fourth-order valence-electron chi connectivity index (χ4n) is 4.31. The Morgan fingerprint density at radius 1 is 1.30 bits per heavy atom. The number of benzene rings is 1. The average molecular weight is 481 g/mol. The number of rotatable bonds is 4. The molecule has 0 N–H and O–H groups in total. The van der Waals surface area contributed by atoms with E-state index in [1.807, 2.05) is 31.2 Å². The molecule has 2 aliphatic heterocycles. The molecule has 4 heterocycles. The number of nitriles is 1. The van der Waals surface area contributed by atoms with Gasteiger partial charge in [0.15, 0.2) is 5.82 Å². The second-order valence-corrected chi connectivity index (χ2v) is 10.4. The van der Waals surface area contributed by atoms with Crippen LogP contribution in [0.25, 0.3) is 5.00 Å². The van der Waals surface area contributed by atoms with Crippen molar-refractivity contribution in [2.75, 3.05) is 13.3 Å². The van der Waals surface area contributed by atoms with Crippen molar-refractivity contribution >= 4 is 28.6 Å². The Labute approximate surface area is 202 Å². The standard InChI is InChI=1S/C24H25ClN6OS/c1-14-22-29-28-15(2)31(22)23-20(21(27-14)16-7-5-6-8-18(16)25)17-9-10-30(11-19(17)33-23)13-32-24(3,4)12-26/h5-8,14H,9-11,13H2,1-4H3. The highest BCUT2D eigenvalue weighted by atomic mass is 35.5. The number of aromatic nitrogens is 3. The molecule has 0 fully saturated rings. The van der Waals surface area contributed by atoms with Crippen LogP contribution in [0, 0.1) is 18.3 Å². The zero-order valence-electron chi connectivity index (χ0n) is 19.1. The number of halogens is 1. The average Bonchev–Trinajstić information content (AvgIpc) is 3.33. The first kappa shape index (κ1) is 22.2. The van der Waals surface area contributed by atoms with Crippen LogP contribution in [0.15, 0.2) is 29.3 Å². The smallest absolute Gasteiger partial charge is 0.162 e. The molecule has 0 amide bonds. The van der Waals surface area contributed by atoms with Gasteiger partial charge in [0.1, 0.15) is 29.2 Å². The summed E-state index contributed by atoms with van der Waals surface area (Å²) in [5.74, 6) is 1.69. The molecule has 2 aromatic heterocycles. The highest BCUT2D eigenvalue weighted by Gasteiger charge is 2.34. The zero-order chi connectivity index (χ0) is 23.3. The van der Waals surface area contributed by atoms with Crippen molar-refractivity contribution in [3.8, 4) is 11.1 Å². The Morgan fingerprint density at radius 3 is 2.85 bits per heavy atom. The summed E-state index contributed by atoms with van der Waals surface area (Å²) in [5.41, 5.74) is 3.49. The Balaban J connectivity index is 1.62. The van der Waals surface area contributed by atoms with E-state index in [-0.39, 0.29) is 6.04 Å². The quantitative estimate of drug-likeness (QED) is 0.534. The first-order chi connectivity index (χ1) is 15.8. The maximum atomic E-state index is 9.27. The van der Waals surface area contributed by atoms with Gasteiger partial charge in [-0.25, -0.2) is 0 Å². The second-order valence-electron chi connectivity index (χ2n) is 8.96. The lowest BCUT2D eigenvalue weighted by Crippen LogP contribution is -2.36. The summed E-state index contributed by atoms with van der Waals surface area (Å²) < 4.78 is 7.99. The van der Waals surface area contributed by atoms with Crippen LogP contribution in [-0.4, -0.2) is 44.3 Å². The molecular weight excluding hydrogens is 456 g/mol. The van der Waals surface area contributed by atoms with E-state index in [1.165, 1.54) is 10.4 Å². The van der Waals surface area contributed by atoms with Crippen LogP contribution in [0.5, 0.6) is 0 Å². The number of aryl methyl sites for hydroxylation is 1. The molecule has 0 aliphatic carbocycles. The Kier molecular flexibility index (Phi) is 5.61. The first-order valence-corrected chi connectivity index (χ1v) is 12.2. The third kappa shape index (κ3) is 3.89. The molecule has 170 valence electrons. The minimum atomic E-state index is -0.804. The summed E-state index contributed by atoms with van der Waals surface area (Å²) in [4.78, 5) is 8.64. The van der Waals surface area contributed by atoms with Crippen molar-refractivity contribution in [2.24, 2.45) is 4.99 Å². The zero-order valence-corrected chi connectivity index (χ0v) is 20.7. The molecule has 33 heavy (non-hydrogen) atoms. The molecule has 1 aromatic carbocycles. The van der Waals surface area contributed by atoms with Gasteiger partial charge in [-0.2, -0.15) is 5.26 Å². The van der Waals surface area contributed by atoms with Gasteiger partial charge in [0.2, 0.25) is 0 Å². The highest BCUT2D eigenvalue weighted by molar-refractivity contribution is 7.15. The van der Waals surface area contributed by atoms with E-state index in [4.69, 9.17) is 21.3 Å². The van der Waals surface area contributed by atoms with E-state index < -0.39 is 5.60 Å². The van der Waals surface area contributed by atoms with Crippen LogP contribution < -0.4 is 0 Å². The molecule has 9 heteroatoms. The molecule has 0 saturated heterocycles. The monoisotopic (exact) mass is 480 g/mol. The summed E-state index contributed by atoms with van der Waals surface area (Å²) >= 11 is 8.41. The number of hydrogen-bond acceptors (Lipinski definition) is 7. The van der Waals surface area contributed by atoms with Crippen molar-refractivity contribution in [2.45, 2.75) is 52.3 Å². The number of aliphatic imine (C=N–C) groups is 1. The van der Waals surface area contributed by atoms with Crippen LogP contribution in [-0.2, 0) is 17.7 Å². The van der Waals surface area contributed by atoms with Crippen molar-refractivity contribution in [3.05, 3.63) is 62.5 Å².